The van der Waals surface area contributed by atoms with Crippen molar-refractivity contribution in [3.63, 3.8) is 0 Å². The van der Waals surface area contributed by atoms with Gasteiger partial charge in [-0.25, -0.2) is 9.18 Å². The fourth-order valence-corrected chi connectivity index (χ4v) is 1.27. The summed E-state index contributed by atoms with van der Waals surface area (Å²) in [7, 11) is 0. The number of halogens is 6. The molecule has 0 aliphatic rings. The number of hydrogen-bond donors (Lipinski definition) is 1. The molecule has 120 valence electrons. The van der Waals surface area contributed by atoms with Crippen LogP contribution in [0.2, 0.25) is 0 Å². The Balaban J connectivity index is 3.99. The van der Waals surface area contributed by atoms with Gasteiger partial charge in [-0.1, -0.05) is 26.2 Å². The molecule has 1 unspecified atom stereocenters. The predicted octanol–water partition coefficient (Wildman–Crippen LogP) is 3.83. The minimum absolute atomic E-state index is 0.155. The Bertz CT molecular complexity index is 295. The van der Waals surface area contributed by atoms with E-state index in [-0.39, 0.29) is 6.54 Å². The van der Waals surface area contributed by atoms with Gasteiger partial charge in [0.05, 0.1) is 0 Å². The van der Waals surface area contributed by atoms with Crippen LogP contribution in [-0.2, 0) is 4.74 Å². The molecule has 0 saturated carbocycles. The van der Waals surface area contributed by atoms with Crippen LogP contribution in [0.4, 0.5) is 31.1 Å². The van der Waals surface area contributed by atoms with Crippen LogP contribution in [0.15, 0.2) is 0 Å². The van der Waals surface area contributed by atoms with Crippen molar-refractivity contribution in [1.29, 1.82) is 0 Å². The minimum Gasteiger partial charge on any atom is -0.443 e. The molecule has 0 heterocycles. The van der Waals surface area contributed by atoms with Crippen LogP contribution in [0, 0.1) is 0 Å². The van der Waals surface area contributed by atoms with Crippen molar-refractivity contribution in [2.24, 2.45) is 0 Å². The van der Waals surface area contributed by atoms with Gasteiger partial charge in [-0.2, -0.15) is 22.0 Å². The van der Waals surface area contributed by atoms with E-state index < -0.39 is 31.0 Å². The maximum absolute atomic E-state index is 12.8. The summed E-state index contributed by atoms with van der Waals surface area (Å²) in [6, 6.07) is 0. The number of ether oxygens (including phenoxy) is 1. The van der Waals surface area contributed by atoms with Crippen LogP contribution in [0.25, 0.3) is 0 Å². The molecule has 0 saturated heterocycles. The Hall–Kier alpha value is -1.15. The molecule has 1 N–H and O–H groups in total. The smallest absolute Gasteiger partial charge is 0.425 e. The van der Waals surface area contributed by atoms with Crippen molar-refractivity contribution < 1.29 is 35.9 Å². The monoisotopic (exact) mass is 309 g/mol. The van der Waals surface area contributed by atoms with E-state index in [1.54, 1.807) is 0 Å². The molecular weight excluding hydrogens is 292 g/mol. The molecule has 0 bridgehead atoms. The highest BCUT2D eigenvalue weighted by Gasteiger charge is 2.57. The zero-order valence-electron chi connectivity index (χ0n) is 10.9. The van der Waals surface area contributed by atoms with Crippen LogP contribution in [0.5, 0.6) is 0 Å². The Morgan fingerprint density at radius 1 is 1.15 bits per heavy atom. The molecule has 0 fully saturated rings. The average molecular weight is 309 g/mol. The summed E-state index contributed by atoms with van der Waals surface area (Å²) in [5.41, 5.74) is 0. The average Bonchev–Trinajstić information content (AvgIpc) is 2.34. The quantitative estimate of drug-likeness (QED) is 0.546. The lowest BCUT2D eigenvalue weighted by atomic mass is 10.2. The van der Waals surface area contributed by atoms with Gasteiger partial charge < -0.3 is 10.1 Å². The molecule has 20 heavy (non-hydrogen) atoms. The van der Waals surface area contributed by atoms with E-state index in [2.05, 4.69) is 10.1 Å². The largest absolute Gasteiger partial charge is 0.443 e. The van der Waals surface area contributed by atoms with E-state index in [0.29, 0.717) is 6.42 Å². The maximum atomic E-state index is 12.8. The van der Waals surface area contributed by atoms with Gasteiger partial charge in [-0.05, 0) is 6.42 Å². The number of rotatable bonds is 8. The maximum Gasteiger partial charge on any atom is 0.425 e. The fourth-order valence-electron chi connectivity index (χ4n) is 1.27. The minimum atomic E-state index is -5.70. The van der Waals surface area contributed by atoms with E-state index in [1.807, 2.05) is 6.92 Å². The number of hydrogen-bond acceptors (Lipinski definition) is 2. The third kappa shape index (κ3) is 7.44. The first kappa shape index (κ1) is 18.9. The molecule has 0 aromatic heterocycles. The summed E-state index contributed by atoms with van der Waals surface area (Å²) in [5.74, 6) is -4.81. The van der Waals surface area contributed by atoms with Crippen molar-refractivity contribution in [1.82, 2.24) is 5.32 Å². The number of alkyl halides is 6. The van der Waals surface area contributed by atoms with Crippen molar-refractivity contribution >= 4 is 6.09 Å². The van der Waals surface area contributed by atoms with Crippen LogP contribution in [0.1, 0.15) is 32.6 Å². The summed E-state index contributed by atoms with van der Waals surface area (Å²) in [4.78, 5) is 10.9. The molecule has 0 rings (SSSR count). The highest BCUT2D eigenvalue weighted by Crippen LogP contribution is 2.34. The number of unbranched alkanes of at least 4 members (excludes halogenated alkanes) is 3. The SMILES string of the molecule is CCCCCCNC(=O)OCC(F)(F)C(F)C(F)(F)F. The number of alkyl carbamates (subject to hydrolysis) is 1. The first-order valence-corrected chi connectivity index (χ1v) is 6.10. The van der Waals surface area contributed by atoms with Crippen LogP contribution in [-0.4, -0.2) is 37.5 Å². The van der Waals surface area contributed by atoms with Crippen molar-refractivity contribution in [3.8, 4) is 0 Å². The molecule has 1 amide bonds. The van der Waals surface area contributed by atoms with E-state index >= 15 is 0 Å². The highest BCUT2D eigenvalue weighted by atomic mass is 19.4. The molecule has 0 aliphatic heterocycles. The predicted molar refractivity (Wildman–Crippen MR) is 59.4 cm³/mol. The molecular formula is C11H17F6NO2. The van der Waals surface area contributed by atoms with Gasteiger partial charge in [0.1, 0.15) is 0 Å². The Kier molecular flexibility index (Phi) is 7.74. The van der Waals surface area contributed by atoms with Gasteiger partial charge in [0.25, 0.3) is 6.17 Å². The molecule has 0 aromatic carbocycles. The second kappa shape index (κ2) is 8.21. The zero-order chi connectivity index (χ0) is 15.8. The van der Waals surface area contributed by atoms with Crippen LogP contribution < -0.4 is 5.32 Å². The lowest BCUT2D eigenvalue weighted by Gasteiger charge is -2.22. The summed E-state index contributed by atoms with van der Waals surface area (Å²) < 4.78 is 77.2. The number of nitrogens with one attached hydrogen (secondary N) is 1. The fraction of sp³-hybridized carbons (Fsp3) is 0.909. The lowest BCUT2D eigenvalue weighted by Crippen LogP contribution is -2.45. The molecule has 9 heteroatoms. The van der Waals surface area contributed by atoms with E-state index in [1.165, 1.54) is 0 Å². The second-order valence-corrected chi connectivity index (χ2v) is 4.23. The Labute approximate surface area is 112 Å². The van der Waals surface area contributed by atoms with Crippen molar-refractivity contribution in [2.45, 2.75) is 50.9 Å². The molecule has 0 spiro atoms. The number of amides is 1. The first-order chi connectivity index (χ1) is 9.11. The van der Waals surface area contributed by atoms with Gasteiger partial charge in [0, 0.05) is 6.54 Å². The van der Waals surface area contributed by atoms with Gasteiger partial charge in [-0.3, -0.25) is 0 Å². The number of carbonyl (C=O) groups is 1. The number of carbonyl (C=O) groups excluding carboxylic acids is 1. The van der Waals surface area contributed by atoms with Crippen molar-refractivity contribution in [3.05, 3.63) is 0 Å². The van der Waals surface area contributed by atoms with Crippen LogP contribution >= 0.6 is 0 Å². The summed E-state index contributed by atoms with van der Waals surface area (Å²) in [5, 5.41) is 2.09. The molecule has 0 aliphatic carbocycles. The van der Waals surface area contributed by atoms with E-state index in [4.69, 9.17) is 0 Å². The molecule has 1 atom stereocenters. The third-order valence-electron chi connectivity index (χ3n) is 2.35. The normalized spacial score (nSPS) is 13.9. The molecule has 3 nitrogen and oxygen atoms in total. The van der Waals surface area contributed by atoms with E-state index in [9.17, 15) is 31.1 Å². The van der Waals surface area contributed by atoms with Gasteiger partial charge >= 0.3 is 18.2 Å². The van der Waals surface area contributed by atoms with Crippen LogP contribution in [0.3, 0.4) is 0 Å². The zero-order valence-corrected chi connectivity index (χ0v) is 10.9. The molecule has 0 radical (unpaired) electrons. The molecule has 0 aromatic rings. The highest BCUT2D eigenvalue weighted by molar-refractivity contribution is 5.67. The summed E-state index contributed by atoms with van der Waals surface area (Å²) in [6.07, 6.45) is -8.07. The summed E-state index contributed by atoms with van der Waals surface area (Å²) >= 11 is 0. The van der Waals surface area contributed by atoms with Gasteiger partial charge in [-0.15, -0.1) is 0 Å². The Morgan fingerprint density at radius 2 is 1.75 bits per heavy atom. The van der Waals surface area contributed by atoms with Gasteiger partial charge in [0.15, 0.2) is 6.61 Å². The van der Waals surface area contributed by atoms with Crippen molar-refractivity contribution in [2.75, 3.05) is 13.2 Å². The third-order valence-corrected chi connectivity index (χ3v) is 2.35. The Morgan fingerprint density at radius 3 is 2.25 bits per heavy atom. The second-order valence-electron chi connectivity index (χ2n) is 4.23. The first-order valence-electron chi connectivity index (χ1n) is 6.10. The topological polar surface area (TPSA) is 38.3 Å². The van der Waals surface area contributed by atoms with Gasteiger partial charge in [0.2, 0.25) is 0 Å². The summed E-state index contributed by atoms with van der Waals surface area (Å²) in [6.45, 7) is 0.162. The lowest BCUT2D eigenvalue weighted by molar-refractivity contribution is -0.251. The van der Waals surface area contributed by atoms with E-state index in [0.717, 1.165) is 19.3 Å². The standard InChI is InChI=1S/C11H17F6NO2/c1-2-3-4-5-6-18-9(19)20-7-10(13,14)8(12)11(15,16)17/h8H,2-7H2,1H3,(H,18,19).